The van der Waals surface area contributed by atoms with E-state index < -0.39 is 0 Å². The van der Waals surface area contributed by atoms with Gasteiger partial charge in [-0.15, -0.1) is 0 Å². The van der Waals surface area contributed by atoms with Crippen LogP contribution in [0.25, 0.3) is 0 Å². The topological polar surface area (TPSA) is 52.0 Å². The molecule has 94 valence electrons. The van der Waals surface area contributed by atoms with E-state index in [2.05, 4.69) is 0 Å². The molecular formula is C13H11Cl3N2. The van der Waals surface area contributed by atoms with Crippen LogP contribution in [0.1, 0.15) is 11.1 Å². The van der Waals surface area contributed by atoms with Crippen LogP contribution >= 0.6 is 34.8 Å². The Morgan fingerprint density at radius 1 is 0.833 bits per heavy atom. The van der Waals surface area contributed by atoms with Gasteiger partial charge >= 0.3 is 0 Å². The fourth-order valence-electron chi connectivity index (χ4n) is 1.64. The van der Waals surface area contributed by atoms with Crippen LogP contribution in [0.15, 0.2) is 30.3 Å². The zero-order chi connectivity index (χ0) is 13.3. The molecule has 4 N–H and O–H groups in total. The van der Waals surface area contributed by atoms with Crippen LogP contribution in [0.3, 0.4) is 0 Å². The molecule has 0 aliphatic carbocycles. The summed E-state index contributed by atoms with van der Waals surface area (Å²) in [6.45, 7) is 0. The summed E-state index contributed by atoms with van der Waals surface area (Å²) in [7, 11) is 0. The van der Waals surface area contributed by atoms with Gasteiger partial charge in [-0.2, -0.15) is 0 Å². The maximum atomic E-state index is 6.15. The van der Waals surface area contributed by atoms with Crippen molar-refractivity contribution in [3.63, 3.8) is 0 Å². The van der Waals surface area contributed by atoms with Crippen LogP contribution < -0.4 is 11.5 Å². The number of halogens is 3. The van der Waals surface area contributed by atoms with Crippen LogP contribution in [0.2, 0.25) is 15.1 Å². The zero-order valence-electron chi connectivity index (χ0n) is 9.38. The molecule has 2 aromatic carbocycles. The predicted octanol–water partition coefficient (Wildman–Crippen LogP) is 4.40. The molecule has 0 fully saturated rings. The molecule has 5 heteroatoms. The van der Waals surface area contributed by atoms with Gasteiger partial charge in [-0.1, -0.05) is 46.9 Å². The normalized spacial score (nSPS) is 10.6. The third kappa shape index (κ3) is 2.66. The van der Waals surface area contributed by atoms with Gasteiger partial charge in [-0.05, 0) is 35.7 Å². The Morgan fingerprint density at radius 2 is 1.50 bits per heavy atom. The van der Waals surface area contributed by atoms with E-state index in [0.29, 0.717) is 32.9 Å². The van der Waals surface area contributed by atoms with Crippen molar-refractivity contribution in [2.45, 2.75) is 6.42 Å². The van der Waals surface area contributed by atoms with Crippen LogP contribution in [0.4, 0.5) is 11.4 Å². The molecule has 0 bridgehead atoms. The lowest BCUT2D eigenvalue weighted by atomic mass is 10.0. The highest BCUT2D eigenvalue weighted by Crippen LogP contribution is 2.33. The smallest absolute Gasteiger partial charge is 0.0824 e. The fourth-order valence-corrected chi connectivity index (χ4v) is 2.27. The molecule has 0 aliphatic heterocycles. The van der Waals surface area contributed by atoms with E-state index in [-0.39, 0.29) is 0 Å². The van der Waals surface area contributed by atoms with Gasteiger partial charge in [-0.3, -0.25) is 0 Å². The molecule has 0 radical (unpaired) electrons. The van der Waals surface area contributed by atoms with Crippen LogP contribution in [-0.4, -0.2) is 0 Å². The SMILES string of the molecule is Nc1ccc(Cc2ccc(N)c(Cl)c2Cl)cc1Cl. The maximum Gasteiger partial charge on any atom is 0.0824 e. The van der Waals surface area contributed by atoms with Gasteiger partial charge in [0.1, 0.15) is 0 Å². The summed E-state index contributed by atoms with van der Waals surface area (Å²) in [5.74, 6) is 0. The Balaban J connectivity index is 2.34. The van der Waals surface area contributed by atoms with E-state index in [1.807, 2.05) is 18.2 Å². The van der Waals surface area contributed by atoms with Crippen LogP contribution in [0, 0.1) is 0 Å². The summed E-state index contributed by atoms with van der Waals surface area (Å²) in [4.78, 5) is 0. The van der Waals surface area contributed by atoms with E-state index >= 15 is 0 Å². The lowest BCUT2D eigenvalue weighted by Crippen LogP contribution is -1.95. The minimum atomic E-state index is 0.385. The van der Waals surface area contributed by atoms with Crippen molar-refractivity contribution >= 4 is 46.2 Å². The Kier molecular flexibility index (Phi) is 3.91. The minimum absolute atomic E-state index is 0.385. The number of nitrogen functional groups attached to an aromatic ring is 2. The molecule has 0 heterocycles. The van der Waals surface area contributed by atoms with E-state index in [4.69, 9.17) is 46.3 Å². The lowest BCUT2D eigenvalue weighted by molar-refractivity contribution is 1.19. The summed E-state index contributed by atoms with van der Waals surface area (Å²) in [5.41, 5.74) is 14.3. The average molecular weight is 302 g/mol. The Morgan fingerprint density at radius 3 is 2.17 bits per heavy atom. The highest BCUT2D eigenvalue weighted by molar-refractivity contribution is 6.44. The van der Waals surface area contributed by atoms with Gasteiger partial charge in [0.2, 0.25) is 0 Å². The van der Waals surface area contributed by atoms with E-state index in [0.717, 1.165) is 11.1 Å². The first-order valence-electron chi connectivity index (χ1n) is 5.25. The number of anilines is 2. The minimum Gasteiger partial charge on any atom is -0.398 e. The number of hydrogen-bond acceptors (Lipinski definition) is 2. The molecule has 0 amide bonds. The van der Waals surface area contributed by atoms with Gasteiger partial charge < -0.3 is 11.5 Å². The first kappa shape index (κ1) is 13.3. The van der Waals surface area contributed by atoms with Crippen molar-refractivity contribution in [2.75, 3.05) is 11.5 Å². The second-order valence-electron chi connectivity index (χ2n) is 3.97. The molecule has 0 unspecified atom stereocenters. The van der Waals surface area contributed by atoms with E-state index in [1.165, 1.54) is 0 Å². The van der Waals surface area contributed by atoms with Gasteiger partial charge in [0.05, 0.1) is 26.4 Å². The molecular weight excluding hydrogens is 291 g/mol. The third-order valence-electron chi connectivity index (χ3n) is 2.65. The summed E-state index contributed by atoms with van der Waals surface area (Å²) in [6, 6.07) is 9.08. The van der Waals surface area contributed by atoms with Crippen molar-refractivity contribution in [3.8, 4) is 0 Å². The molecule has 0 saturated carbocycles. The second-order valence-corrected chi connectivity index (χ2v) is 5.14. The zero-order valence-corrected chi connectivity index (χ0v) is 11.7. The molecule has 2 aromatic rings. The average Bonchev–Trinajstić information content (AvgIpc) is 2.34. The van der Waals surface area contributed by atoms with Gasteiger partial charge in [-0.25, -0.2) is 0 Å². The quantitative estimate of drug-likeness (QED) is 0.808. The highest BCUT2D eigenvalue weighted by Gasteiger charge is 2.09. The molecule has 0 aromatic heterocycles. The van der Waals surface area contributed by atoms with E-state index in [1.54, 1.807) is 12.1 Å². The van der Waals surface area contributed by atoms with Crippen molar-refractivity contribution < 1.29 is 0 Å². The van der Waals surface area contributed by atoms with Gasteiger partial charge in [0.15, 0.2) is 0 Å². The molecule has 0 spiro atoms. The Labute approximate surface area is 120 Å². The number of benzene rings is 2. The molecule has 2 nitrogen and oxygen atoms in total. The number of rotatable bonds is 2. The number of hydrogen-bond donors (Lipinski definition) is 2. The first-order valence-corrected chi connectivity index (χ1v) is 6.38. The van der Waals surface area contributed by atoms with Gasteiger partial charge in [0.25, 0.3) is 0 Å². The Hall–Kier alpha value is -1.09. The number of nitrogens with two attached hydrogens (primary N) is 2. The van der Waals surface area contributed by atoms with Crippen molar-refractivity contribution in [2.24, 2.45) is 0 Å². The van der Waals surface area contributed by atoms with Gasteiger partial charge in [0, 0.05) is 0 Å². The molecule has 0 aliphatic rings. The monoisotopic (exact) mass is 300 g/mol. The summed E-state index contributed by atoms with van der Waals surface area (Å²) >= 11 is 18.1. The van der Waals surface area contributed by atoms with Crippen molar-refractivity contribution in [1.82, 2.24) is 0 Å². The Bertz CT molecular complexity index is 597. The van der Waals surface area contributed by atoms with Crippen molar-refractivity contribution in [3.05, 3.63) is 56.5 Å². The molecule has 2 rings (SSSR count). The fraction of sp³-hybridized carbons (Fsp3) is 0.0769. The summed E-state index contributed by atoms with van der Waals surface area (Å²) in [5, 5.41) is 1.39. The summed E-state index contributed by atoms with van der Waals surface area (Å²) < 4.78 is 0. The van der Waals surface area contributed by atoms with Crippen LogP contribution in [-0.2, 0) is 6.42 Å². The molecule has 0 atom stereocenters. The highest BCUT2D eigenvalue weighted by atomic mass is 35.5. The summed E-state index contributed by atoms with van der Waals surface area (Å²) in [6.07, 6.45) is 0.624. The lowest BCUT2D eigenvalue weighted by Gasteiger charge is -2.09. The second kappa shape index (κ2) is 5.27. The maximum absolute atomic E-state index is 6.15. The predicted molar refractivity (Wildman–Crippen MR) is 79.5 cm³/mol. The standard InChI is InChI=1S/C13H11Cl3N2/c14-9-6-7(1-3-10(9)17)5-8-2-4-11(18)13(16)12(8)15/h1-4,6H,5,17-18H2. The molecule has 18 heavy (non-hydrogen) atoms. The third-order valence-corrected chi connectivity index (χ3v) is 3.91. The molecule has 0 saturated heterocycles. The van der Waals surface area contributed by atoms with Crippen molar-refractivity contribution in [1.29, 1.82) is 0 Å². The largest absolute Gasteiger partial charge is 0.398 e. The van der Waals surface area contributed by atoms with Crippen LogP contribution in [0.5, 0.6) is 0 Å². The first-order chi connectivity index (χ1) is 8.49. The van der Waals surface area contributed by atoms with E-state index in [9.17, 15) is 0 Å².